The standard InChI is InChI=1S/C26H29BrN2O4S/c1-25(2,3)16-11-15(12-17(22(16)31)26(4,5)6)13-20-23(32)29(24(33)34-20)14-21(30)28-19-10-8-7-9-18(19)27/h7-13,31H,14H2,1-6H3,(H,28,30)/b20-13-. The predicted molar refractivity (Wildman–Crippen MR) is 141 cm³/mol. The number of anilines is 1. The van der Waals surface area contributed by atoms with Gasteiger partial charge in [-0.1, -0.05) is 53.7 Å². The molecule has 0 aromatic heterocycles. The maximum Gasteiger partial charge on any atom is 0.294 e. The first-order valence-corrected chi connectivity index (χ1v) is 12.5. The first kappa shape index (κ1) is 26.0. The van der Waals surface area contributed by atoms with E-state index in [1.54, 1.807) is 24.3 Å². The fraction of sp³-hybridized carbons (Fsp3) is 0.346. The van der Waals surface area contributed by atoms with Crippen molar-refractivity contribution >= 4 is 56.5 Å². The molecule has 6 nitrogen and oxygen atoms in total. The number of hydrogen-bond acceptors (Lipinski definition) is 5. The zero-order valence-electron chi connectivity index (χ0n) is 20.2. The highest BCUT2D eigenvalue weighted by Gasteiger charge is 2.36. The lowest BCUT2D eigenvalue weighted by molar-refractivity contribution is -0.127. The van der Waals surface area contributed by atoms with E-state index in [4.69, 9.17) is 0 Å². The minimum atomic E-state index is -0.514. The van der Waals surface area contributed by atoms with E-state index in [1.807, 2.05) is 59.7 Å². The number of aromatic hydroxyl groups is 1. The number of phenolic OH excluding ortho intramolecular Hbond substituents is 1. The van der Waals surface area contributed by atoms with Gasteiger partial charge in [0.2, 0.25) is 5.91 Å². The second-order valence-corrected chi connectivity index (χ2v) is 12.1. The molecule has 1 heterocycles. The van der Waals surface area contributed by atoms with Crippen LogP contribution in [0.4, 0.5) is 10.5 Å². The number of nitrogens with one attached hydrogen (secondary N) is 1. The normalized spacial score (nSPS) is 15.9. The third kappa shape index (κ3) is 5.73. The quantitative estimate of drug-likeness (QED) is 0.433. The number of hydrogen-bond donors (Lipinski definition) is 2. The number of carbonyl (C=O) groups excluding carboxylic acids is 3. The summed E-state index contributed by atoms with van der Waals surface area (Å²) in [6, 6.07) is 10.8. The molecule has 3 amide bonds. The third-order valence-electron chi connectivity index (χ3n) is 5.37. The van der Waals surface area contributed by atoms with Crippen LogP contribution in [-0.2, 0) is 20.4 Å². The molecule has 0 unspecified atom stereocenters. The number of para-hydroxylation sites is 1. The molecule has 8 heteroatoms. The van der Waals surface area contributed by atoms with Crippen molar-refractivity contribution in [3.05, 3.63) is 62.5 Å². The van der Waals surface area contributed by atoms with E-state index in [0.717, 1.165) is 33.4 Å². The smallest absolute Gasteiger partial charge is 0.294 e. The molecule has 0 spiro atoms. The molecular weight excluding hydrogens is 516 g/mol. The topological polar surface area (TPSA) is 86.7 Å². The zero-order valence-corrected chi connectivity index (χ0v) is 22.6. The fourth-order valence-corrected chi connectivity index (χ4v) is 4.79. The van der Waals surface area contributed by atoms with E-state index in [2.05, 4.69) is 21.2 Å². The van der Waals surface area contributed by atoms with Crippen LogP contribution >= 0.6 is 27.7 Å². The fourth-order valence-electron chi connectivity index (χ4n) is 3.57. The Morgan fingerprint density at radius 1 is 1.06 bits per heavy atom. The molecule has 1 fully saturated rings. The molecule has 0 atom stereocenters. The Morgan fingerprint density at radius 2 is 1.62 bits per heavy atom. The van der Waals surface area contributed by atoms with E-state index in [-0.39, 0.29) is 28.0 Å². The average Bonchev–Trinajstić information content (AvgIpc) is 2.96. The number of carbonyl (C=O) groups is 3. The van der Waals surface area contributed by atoms with Gasteiger partial charge in [-0.25, -0.2) is 0 Å². The van der Waals surface area contributed by atoms with Crippen molar-refractivity contribution in [2.75, 3.05) is 11.9 Å². The monoisotopic (exact) mass is 544 g/mol. The van der Waals surface area contributed by atoms with E-state index >= 15 is 0 Å². The van der Waals surface area contributed by atoms with Crippen LogP contribution in [0.3, 0.4) is 0 Å². The van der Waals surface area contributed by atoms with Gasteiger partial charge in [-0.2, -0.15) is 0 Å². The van der Waals surface area contributed by atoms with Gasteiger partial charge in [-0.3, -0.25) is 19.3 Å². The summed E-state index contributed by atoms with van der Waals surface area (Å²) >= 11 is 4.16. The molecule has 1 aliphatic rings. The number of thioether (sulfide) groups is 1. The Balaban J connectivity index is 1.89. The van der Waals surface area contributed by atoms with Gasteiger partial charge < -0.3 is 10.4 Å². The molecule has 2 aromatic carbocycles. The number of amides is 3. The van der Waals surface area contributed by atoms with Crippen molar-refractivity contribution < 1.29 is 19.5 Å². The molecule has 2 N–H and O–H groups in total. The van der Waals surface area contributed by atoms with Crippen molar-refractivity contribution in [2.24, 2.45) is 0 Å². The molecule has 34 heavy (non-hydrogen) atoms. The summed E-state index contributed by atoms with van der Waals surface area (Å²) in [5.74, 6) is -0.737. The minimum Gasteiger partial charge on any atom is -0.507 e. The lowest BCUT2D eigenvalue weighted by Crippen LogP contribution is -2.36. The van der Waals surface area contributed by atoms with Gasteiger partial charge in [0, 0.05) is 15.6 Å². The highest BCUT2D eigenvalue weighted by Crippen LogP contribution is 2.41. The van der Waals surface area contributed by atoms with Crippen LogP contribution in [0.2, 0.25) is 0 Å². The van der Waals surface area contributed by atoms with Crippen molar-refractivity contribution in [3.63, 3.8) is 0 Å². The van der Waals surface area contributed by atoms with Crippen molar-refractivity contribution in [1.82, 2.24) is 4.90 Å². The highest BCUT2D eigenvalue weighted by atomic mass is 79.9. The number of imide groups is 1. The molecule has 0 bridgehead atoms. The summed E-state index contributed by atoms with van der Waals surface area (Å²) in [4.78, 5) is 39.2. The second-order valence-electron chi connectivity index (χ2n) is 10.3. The van der Waals surface area contributed by atoms with Crippen LogP contribution < -0.4 is 5.32 Å². The predicted octanol–water partition coefficient (Wildman–Crippen LogP) is 6.42. The Bertz CT molecular complexity index is 1160. The summed E-state index contributed by atoms with van der Waals surface area (Å²) in [7, 11) is 0. The lowest BCUT2D eigenvalue weighted by Gasteiger charge is -2.28. The Kier molecular flexibility index (Phi) is 7.34. The molecule has 0 saturated carbocycles. The number of rotatable bonds is 4. The molecule has 0 radical (unpaired) electrons. The summed E-state index contributed by atoms with van der Waals surface area (Å²) in [5.41, 5.74) is 2.16. The van der Waals surface area contributed by atoms with Crippen molar-refractivity contribution in [1.29, 1.82) is 0 Å². The van der Waals surface area contributed by atoms with E-state index in [9.17, 15) is 19.5 Å². The Labute approximate surface area is 212 Å². The van der Waals surface area contributed by atoms with Gasteiger partial charge in [-0.15, -0.1) is 0 Å². The van der Waals surface area contributed by atoms with E-state index in [0.29, 0.717) is 10.2 Å². The van der Waals surface area contributed by atoms with E-state index < -0.39 is 17.1 Å². The average molecular weight is 545 g/mol. The molecule has 2 aromatic rings. The van der Waals surface area contributed by atoms with Crippen molar-refractivity contribution in [3.8, 4) is 5.75 Å². The van der Waals surface area contributed by atoms with Crippen LogP contribution in [0.5, 0.6) is 5.75 Å². The van der Waals surface area contributed by atoms with Crippen LogP contribution in [0.1, 0.15) is 58.2 Å². The number of halogens is 1. The van der Waals surface area contributed by atoms with Crippen LogP contribution in [-0.4, -0.2) is 33.6 Å². The highest BCUT2D eigenvalue weighted by molar-refractivity contribution is 9.10. The maximum atomic E-state index is 13.0. The van der Waals surface area contributed by atoms with Gasteiger partial charge in [0.05, 0.1) is 10.6 Å². The molecule has 1 aliphatic heterocycles. The zero-order chi connectivity index (χ0) is 25.4. The SMILES string of the molecule is CC(C)(C)c1cc(/C=C2\SC(=O)N(CC(=O)Nc3ccccc3Br)C2=O)cc(C(C)(C)C)c1O. The molecule has 180 valence electrons. The number of phenols is 1. The van der Waals surface area contributed by atoms with Crippen LogP contribution in [0.15, 0.2) is 45.8 Å². The van der Waals surface area contributed by atoms with Gasteiger partial charge in [-0.05, 0) is 74.4 Å². The summed E-state index contributed by atoms with van der Waals surface area (Å²) in [6.45, 7) is 11.7. The number of benzene rings is 2. The molecular formula is C26H29BrN2O4S. The summed E-state index contributed by atoms with van der Waals surface area (Å²) in [6.07, 6.45) is 1.65. The Morgan fingerprint density at radius 3 is 2.15 bits per heavy atom. The summed E-state index contributed by atoms with van der Waals surface area (Å²) < 4.78 is 0.703. The third-order valence-corrected chi connectivity index (χ3v) is 6.97. The van der Waals surface area contributed by atoms with Crippen LogP contribution in [0, 0.1) is 0 Å². The minimum absolute atomic E-state index is 0.240. The molecule has 0 aliphatic carbocycles. The summed E-state index contributed by atoms with van der Waals surface area (Å²) in [5, 5.41) is 13.1. The van der Waals surface area contributed by atoms with E-state index in [1.165, 1.54) is 0 Å². The molecule has 3 rings (SSSR count). The molecule has 1 saturated heterocycles. The first-order chi connectivity index (χ1) is 15.7. The maximum absolute atomic E-state index is 13.0. The second kappa shape index (κ2) is 9.58. The van der Waals surface area contributed by atoms with Gasteiger partial charge in [0.15, 0.2) is 0 Å². The van der Waals surface area contributed by atoms with Crippen LogP contribution in [0.25, 0.3) is 6.08 Å². The van der Waals surface area contributed by atoms with Gasteiger partial charge in [0.1, 0.15) is 12.3 Å². The number of nitrogens with zero attached hydrogens (tertiary/aromatic N) is 1. The Hall–Kier alpha value is -2.58. The lowest BCUT2D eigenvalue weighted by atomic mass is 9.78. The van der Waals surface area contributed by atoms with Crippen molar-refractivity contribution in [2.45, 2.75) is 52.4 Å². The van der Waals surface area contributed by atoms with Gasteiger partial charge >= 0.3 is 0 Å². The first-order valence-electron chi connectivity index (χ1n) is 10.9. The largest absolute Gasteiger partial charge is 0.507 e. The van der Waals surface area contributed by atoms with Gasteiger partial charge in [0.25, 0.3) is 11.1 Å².